The van der Waals surface area contributed by atoms with Crippen LogP contribution in [0.3, 0.4) is 0 Å². The fraction of sp³-hybridized carbons (Fsp3) is 0.857. The molecule has 2 heteroatoms. The van der Waals surface area contributed by atoms with Crippen molar-refractivity contribution in [1.82, 2.24) is 0 Å². The van der Waals surface area contributed by atoms with Gasteiger partial charge in [0, 0.05) is 0 Å². The first-order valence-electron chi connectivity index (χ1n) is 3.32. The molecular formula is C7H12O2. The van der Waals surface area contributed by atoms with Gasteiger partial charge in [0.2, 0.25) is 0 Å². The van der Waals surface area contributed by atoms with Crippen LogP contribution in [0.5, 0.6) is 0 Å². The van der Waals surface area contributed by atoms with E-state index in [0.29, 0.717) is 5.92 Å². The maximum atomic E-state index is 10.7. The average Bonchev–Trinajstić information content (AvgIpc) is 2.14. The van der Waals surface area contributed by atoms with Crippen molar-refractivity contribution in [2.75, 3.05) is 6.61 Å². The van der Waals surface area contributed by atoms with Crippen LogP contribution in [0.15, 0.2) is 0 Å². The lowest BCUT2D eigenvalue weighted by Crippen LogP contribution is -2.15. The molecule has 1 rings (SSSR count). The molecule has 52 valence electrons. The lowest BCUT2D eigenvalue weighted by Gasteiger charge is -2.01. The third-order valence-electron chi connectivity index (χ3n) is 1.65. The summed E-state index contributed by atoms with van der Waals surface area (Å²) in [5, 5.41) is 0. The first-order chi connectivity index (χ1) is 4.20. The number of carbonyl (C=O) groups is 1. The van der Waals surface area contributed by atoms with Crippen molar-refractivity contribution in [3.05, 3.63) is 0 Å². The Balaban J connectivity index is 2.39. The van der Waals surface area contributed by atoms with Gasteiger partial charge in [-0.15, -0.1) is 0 Å². The van der Waals surface area contributed by atoms with Crippen molar-refractivity contribution in [1.29, 1.82) is 0 Å². The highest BCUT2D eigenvalue weighted by Gasteiger charge is 2.24. The number of hydrogen-bond donors (Lipinski definition) is 0. The van der Waals surface area contributed by atoms with Gasteiger partial charge in [-0.1, -0.05) is 6.92 Å². The molecule has 1 unspecified atom stereocenters. The zero-order valence-electron chi connectivity index (χ0n) is 5.89. The van der Waals surface area contributed by atoms with Gasteiger partial charge < -0.3 is 4.74 Å². The molecule has 0 aliphatic carbocycles. The van der Waals surface area contributed by atoms with Crippen LogP contribution >= 0.6 is 0 Å². The standard InChI is InChI=1S/C7H12O2/c1-5-3-7(6(2)8)9-4-5/h5,7H,3-4H2,1-2H3/t5?,7-/m1/s1. The number of rotatable bonds is 1. The van der Waals surface area contributed by atoms with Crippen molar-refractivity contribution in [3.8, 4) is 0 Å². The van der Waals surface area contributed by atoms with Crippen LogP contribution in [0.4, 0.5) is 0 Å². The Morgan fingerprint density at radius 3 is 2.56 bits per heavy atom. The summed E-state index contributed by atoms with van der Waals surface area (Å²) in [5.41, 5.74) is 0. The molecular weight excluding hydrogens is 116 g/mol. The van der Waals surface area contributed by atoms with E-state index in [4.69, 9.17) is 4.74 Å². The summed E-state index contributed by atoms with van der Waals surface area (Å²) in [4.78, 5) is 10.7. The predicted molar refractivity (Wildman–Crippen MR) is 34.2 cm³/mol. The summed E-state index contributed by atoms with van der Waals surface area (Å²) in [6.45, 7) is 4.44. The fourth-order valence-electron chi connectivity index (χ4n) is 1.07. The molecule has 0 N–H and O–H groups in total. The molecule has 1 aliphatic heterocycles. The van der Waals surface area contributed by atoms with Gasteiger partial charge in [-0.3, -0.25) is 4.79 Å². The lowest BCUT2D eigenvalue weighted by molar-refractivity contribution is -0.125. The molecule has 0 radical (unpaired) electrons. The van der Waals surface area contributed by atoms with Crippen LogP contribution in [-0.2, 0) is 9.53 Å². The molecule has 0 aromatic carbocycles. The fourth-order valence-corrected chi connectivity index (χ4v) is 1.07. The van der Waals surface area contributed by atoms with Gasteiger partial charge in [0.25, 0.3) is 0 Å². The Morgan fingerprint density at radius 1 is 1.67 bits per heavy atom. The van der Waals surface area contributed by atoms with E-state index >= 15 is 0 Å². The van der Waals surface area contributed by atoms with Gasteiger partial charge in [-0.25, -0.2) is 0 Å². The van der Waals surface area contributed by atoms with E-state index < -0.39 is 0 Å². The first kappa shape index (κ1) is 6.75. The molecule has 2 atom stereocenters. The third-order valence-corrected chi connectivity index (χ3v) is 1.65. The minimum absolute atomic E-state index is 0.0972. The molecule has 1 fully saturated rings. The number of carbonyl (C=O) groups excluding carboxylic acids is 1. The topological polar surface area (TPSA) is 26.3 Å². The van der Waals surface area contributed by atoms with Crippen LogP contribution in [0, 0.1) is 5.92 Å². The maximum absolute atomic E-state index is 10.7. The van der Waals surface area contributed by atoms with Crippen molar-refractivity contribution in [2.24, 2.45) is 5.92 Å². The van der Waals surface area contributed by atoms with Crippen LogP contribution in [0.25, 0.3) is 0 Å². The largest absolute Gasteiger partial charge is 0.370 e. The lowest BCUT2D eigenvalue weighted by atomic mass is 10.1. The van der Waals surface area contributed by atoms with E-state index in [1.54, 1.807) is 6.92 Å². The van der Waals surface area contributed by atoms with Crippen LogP contribution < -0.4 is 0 Å². The Morgan fingerprint density at radius 2 is 2.33 bits per heavy atom. The van der Waals surface area contributed by atoms with Gasteiger partial charge in [0.05, 0.1) is 6.61 Å². The molecule has 0 bridgehead atoms. The van der Waals surface area contributed by atoms with Gasteiger partial charge in [0.1, 0.15) is 6.10 Å². The Bertz CT molecular complexity index is 120. The summed E-state index contributed by atoms with van der Waals surface area (Å²) in [7, 11) is 0. The molecule has 9 heavy (non-hydrogen) atoms. The predicted octanol–water partition coefficient (Wildman–Crippen LogP) is 1.00. The van der Waals surface area contributed by atoms with Crippen molar-refractivity contribution in [3.63, 3.8) is 0 Å². The molecule has 1 saturated heterocycles. The van der Waals surface area contributed by atoms with Crippen molar-refractivity contribution in [2.45, 2.75) is 26.4 Å². The van der Waals surface area contributed by atoms with E-state index in [1.165, 1.54) is 0 Å². The van der Waals surface area contributed by atoms with Gasteiger partial charge in [0.15, 0.2) is 5.78 Å². The number of Topliss-reactive ketones (excluding diaryl/α,β-unsaturated/α-hetero) is 1. The van der Waals surface area contributed by atoms with Crippen LogP contribution in [0.2, 0.25) is 0 Å². The average molecular weight is 128 g/mol. The molecule has 0 aromatic rings. The Labute approximate surface area is 55.2 Å². The summed E-state index contributed by atoms with van der Waals surface area (Å²) >= 11 is 0. The monoisotopic (exact) mass is 128 g/mol. The van der Waals surface area contributed by atoms with Crippen molar-refractivity contribution < 1.29 is 9.53 Å². The summed E-state index contributed by atoms with van der Waals surface area (Å²) in [6, 6.07) is 0. The Kier molecular flexibility index (Phi) is 1.86. The van der Waals surface area contributed by atoms with Crippen LogP contribution in [-0.4, -0.2) is 18.5 Å². The second-order valence-electron chi connectivity index (χ2n) is 2.77. The second-order valence-corrected chi connectivity index (χ2v) is 2.77. The van der Waals surface area contributed by atoms with E-state index in [0.717, 1.165) is 13.0 Å². The van der Waals surface area contributed by atoms with E-state index in [-0.39, 0.29) is 11.9 Å². The van der Waals surface area contributed by atoms with E-state index in [9.17, 15) is 4.79 Å². The van der Waals surface area contributed by atoms with Gasteiger partial charge >= 0.3 is 0 Å². The Hall–Kier alpha value is -0.370. The highest BCUT2D eigenvalue weighted by Crippen LogP contribution is 2.18. The number of hydrogen-bond acceptors (Lipinski definition) is 2. The van der Waals surface area contributed by atoms with Gasteiger partial charge in [-0.05, 0) is 19.3 Å². The minimum Gasteiger partial charge on any atom is -0.370 e. The molecule has 1 heterocycles. The zero-order chi connectivity index (χ0) is 6.85. The molecule has 0 aromatic heterocycles. The highest BCUT2D eigenvalue weighted by molar-refractivity contribution is 5.80. The third kappa shape index (κ3) is 1.52. The highest BCUT2D eigenvalue weighted by atomic mass is 16.5. The minimum atomic E-state index is -0.0972. The van der Waals surface area contributed by atoms with Crippen LogP contribution in [0.1, 0.15) is 20.3 Å². The second kappa shape index (κ2) is 2.48. The normalized spacial score (nSPS) is 34.9. The number of ketones is 1. The smallest absolute Gasteiger partial charge is 0.158 e. The molecule has 1 aliphatic rings. The van der Waals surface area contributed by atoms with E-state index in [1.807, 2.05) is 0 Å². The van der Waals surface area contributed by atoms with Crippen molar-refractivity contribution >= 4 is 5.78 Å². The van der Waals surface area contributed by atoms with E-state index in [2.05, 4.69) is 6.92 Å². The summed E-state index contributed by atoms with van der Waals surface area (Å²) in [5.74, 6) is 0.734. The maximum Gasteiger partial charge on any atom is 0.158 e. The molecule has 0 amide bonds. The summed E-state index contributed by atoms with van der Waals surface area (Å²) in [6.07, 6.45) is 0.815. The number of ether oxygens (including phenoxy) is 1. The first-order valence-corrected chi connectivity index (χ1v) is 3.32. The SMILES string of the molecule is CC(=O)[C@H]1CC(C)CO1. The van der Waals surface area contributed by atoms with Gasteiger partial charge in [-0.2, -0.15) is 0 Å². The molecule has 0 spiro atoms. The molecule has 2 nitrogen and oxygen atoms in total. The quantitative estimate of drug-likeness (QED) is 0.526. The summed E-state index contributed by atoms with van der Waals surface area (Å²) < 4.78 is 5.18. The zero-order valence-corrected chi connectivity index (χ0v) is 5.89. The molecule has 0 saturated carbocycles.